The molecule has 33 heavy (non-hydrogen) atoms. The zero-order valence-electron chi connectivity index (χ0n) is 18.9. The predicted molar refractivity (Wildman–Crippen MR) is 139 cm³/mol. The van der Waals surface area contributed by atoms with Gasteiger partial charge < -0.3 is 16.0 Å². The van der Waals surface area contributed by atoms with Gasteiger partial charge in [-0.05, 0) is 62.1 Å². The summed E-state index contributed by atoms with van der Waals surface area (Å²) < 4.78 is 0. The Morgan fingerprint density at radius 1 is 1.03 bits per heavy atom. The number of hydrogen-bond donors (Lipinski definition) is 2. The summed E-state index contributed by atoms with van der Waals surface area (Å²) in [5, 5.41) is 5.43. The lowest BCUT2D eigenvalue weighted by atomic mass is 9.84. The molecule has 1 aliphatic carbocycles. The fourth-order valence-corrected chi connectivity index (χ4v) is 5.83. The summed E-state index contributed by atoms with van der Waals surface area (Å²) in [6, 6.07) is 12.1. The van der Waals surface area contributed by atoms with Crippen LogP contribution >= 0.6 is 34.8 Å². The predicted octanol–water partition coefficient (Wildman–Crippen LogP) is 5.99. The number of piperazine rings is 1. The molecule has 1 heterocycles. The van der Waals surface area contributed by atoms with Crippen LogP contribution in [-0.4, -0.2) is 43.0 Å². The van der Waals surface area contributed by atoms with Crippen molar-refractivity contribution in [3.8, 4) is 0 Å². The number of carbonyl (C=O) groups excluding carboxylic acids is 1. The molecule has 1 amide bonds. The fraction of sp³-hybridized carbons (Fsp3) is 0.480. The molecule has 2 fully saturated rings. The van der Waals surface area contributed by atoms with Gasteiger partial charge in [0.25, 0.3) is 0 Å². The van der Waals surface area contributed by atoms with Gasteiger partial charge in [0.05, 0.1) is 16.8 Å². The number of carbonyl (C=O) groups is 1. The highest BCUT2D eigenvalue weighted by Crippen LogP contribution is 2.34. The first-order chi connectivity index (χ1) is 15.8. The van der Waals surface area contributed by atoms with E-state index in [1.54, 1.807) is 6.07 Å². The maximum atomic E-state index is 11.6. The molecule has 0 unspecified atom stereocenters. The molecule has 0 aromatic heterocycles. The monoisotopic (exact) mass is 508 g/mol. The van der Waals surface area contributed by atoms with Crippen molar-refractivity contribution < 1.29 is 4.79 Å². The van der Waals surface area contributed by atoms with Gasteiger partial charge in [0.1, 0.15) is 0 Å². The summed E-state index contributed by atoms with van der Waals surface area (Å²) >= 11 is 18.9. The van der Waals surface area contributed by atoms with Crippen LogP contribution < -0.4 is 16.0 Å². The van der Waals surface area contributed by atoms with E-state index in [2.05, 4.69) is 34.2 Å². The van der Waals surface area contributed by atoms with Crippen LogP contribution in [0.5, 0.6) is 0 Å². The molecule has 2 aliphatic rings. The van der Waals surface area contributed by atoms with E-state index < -0.39 is 0 Å². The van der Waals surface area contributed by atoms with Gasteiger partial charge in [-0.25, -0.2) is 0 Å². The number of anilines is 2. The molecule has 0 spiro atoms. The third kappa shape index (κ3) is 5.89. The quantitative estimate of drug-likeness (QED) is 0.502. The highest BCUT2D eigenvalue weighted by Gasteiger charge is 2.31. The smallest absolute Gasteiger partial charge is 0.220 e. The first-order valence-electron chi connectivity index (χ1n) is 11.6. The number of nitrogens with one attached hydrogen (secondary N) is 1. The number of halogens is 3. The van der Waals surface area contributed by atoms with Crippen molar-refractivity contribution >= 4 is 52.1 Å². The molecule has 0 radical (unpaired) electrons. The standard InChI is InChI=1S/C25H31Cl3N4O/c1-16(21-7-5-18(26)14-23(21)28)30-24-15-20(6-8-22(24)27)32-11-9-31(10-12-32)19-4-2-3-17(13-19)25(29)33/h5-8,14-17,19,30H,2-4,9-13H2,1H3,(H2,29,33)/t16-,17+,19-/m1/s1. The number of nitrogens with zero attached hydrogens (tertiary/aromatic N) is 2. The molecule has 4 rings (SSSR count). The fourth-order valence-electron chi connectivity index (χ4n) is 5.08. The number of amides is 1. The Morgan fingerprint density at radius 3 is 2.48 bits per heavy atom. The molecule has 1 saturated heterocycles. The van der Waals surface area contributed by atoms with Crippen molar-refractivity contribution in [1.29, 1.82) is 0 Å². The van der Waals surface area contributed by atoms with Gasteiger partial charge in [0, 0.05) is 53.9 Å². The Kier molecular flexibility index (Phi) is 7.95. The number of rotatable bonds is 6. The van der Waals surface area contributed by atoms with E-state index >= 15 is 0 Å². The Labute approximate surface area is 211 Å². The highest BCUT2D eigenvalue weighted by molar-refractivity contribution is 6.35. The summed E-state index contributed by atoms with van der Waals surface area (Å²) in [4.78, 5) is 16.6. The van der Waals surface area contributed by atoms with E-state index in [0.29, 0.717) is 21.1 Å². The van der Waals surface area contributed by atoms with Gasteiger partial charge in [0.2, 0.25) is 5.91 Å². The highest BCUT2D eigenvalue weighted by atomic mass is 35.5. The average Bonchev–Trinajstić information content (AvgIpc) is 2.80. The van der Waals surface area contributed by atoms with Gasteiger partial charge in [0.15, 0.2) is 0 Å². The minimum Gasteiger partial charge on any atom is -0.377 e. The molecule has 0 bridgehead atoms. The van der Waals surface area contributed by atoms with Gasteiger partial charge >= 0.3 is 0 Å². The van der Waals surface area contributed by atoms with Crippen LogP contribution in [0.2, 0.25) is 15.1 Å². The number of hydrogen-bond acceptors (Lipinski definition) is 4. The number of benzene rings is 2. The topological polar surface area (TPSA) is 61.6 Å². The van der Waals surface area contributed by atoms with Gasteiger partial charge in [-0.3, -0.25) is 9.69 Å². The van der Waals surface area contributed by atoms with Crippen LogP contribution in [0.25, 0.3) is 0 Å². The van der Waals surface area contributed by atoms with E-state index in [-0.39, 0.29) is 17.9 Å². The van der Waals surface area contributed by atoms with Gasteiger partial charge in [-0.15, -0.1) is 0 Å². The Morgan fingerprint density at radius 2 is 1.79 bits per heavy atom. The SMILES string of the molecule is C[C@@H](Nc1cc(N2CCN([C@@H]3CCC[C@H](C(N)=O)C3)CC2)ccc1Cl)c1ccc(Cl)cc1Cl. The molecule has 3 atom stereocenters. The van der Waals surface area contributed by atoms with Crippen molar-refractivity contribution in [3.63, 3.8) is 0 Å². The van der Waals surface area contributed by atoms with E-state index in [1.165, 1.54) is 0 Å². The second kappa shape index (κ2) is 10.7. The molecular formula is C25H31Cl3N4O. The summed E-state index contributed by atoms with van der Waals surface area (Å²) in [5.41, 5.74) is 8.57. The third-order valence-corrected chi connectivity index (χ3v) is 7.89. The maximum Gasteiger partial charge on any atom is 0.220 e. The molecule has 1 aliphatic heterocycles. The molecule has 1 saturated carbocycles. The molecule has 2 aromatic carbocycles. The van der Waals surface area contributed by atoms with Crippen LogP contribution in [0.1, 0.15) is 44.2 Å². The van der Waals surface area contributed by atoms with Gasteiger partial charge in [-0.2, -0.15) is 0 Å². The van der Waals surface area contributed by atoms with Crippen LogP contribution in [0.15, 0.2) is 36.4 Å². The molecule has 8 heteroatoms. The van der Waals surface area contributed by atoms with Crippen LogP contribution in [0.4, 0.5) is 11.4 Å². The lowest BCUT2D eigenvalue weighted by Crippen LogP contribution is -2.52. The second-order valence-corrected chi connectivity index (χ2v) is 10.4. The Hall–Kier alpha value is -1.66. The minimum atomic E-state index is -0.145. The lowest BCUT2D eigenvalue weighted by molar-refractivity contribution is -0.123. The molecule has 3 N–H and O–H groups in total. The zero-order chi connectivity index (χ0) is 23.5. The van der Waals surface area contributed by atoms with Crippen LogP contribution in [0.3, 0.4) is 0 Å². The zero-order valence-corrected chi connectivity index (χ0v) is 21.1. The summed E-state index contributed by atoms with van der Waals surface area (Å²) in [7, 11) is 0. The average molecular weight is 510 g/mol. The first-order valence-corrected chi connectivity index (χ1v) is 12.7. The van der Waals surface area contributed by atoms with Crippen molar-refractivity contribution in [2.75, 3.05) is 36.4 Å². The van der Waals surface area contributed by atoms with E-state index in [0.717, 1.165) is 68.8 Å². The van der Waals surface area contributed by atoms with Crippen LogP contribution in [-0.2, 0) is 4.79 Å². The normalized spacial score (nSPS) is 22.7. The number of nitrogens with two attached hydrogens (primary N) is 1. The minimum absolute atomic E-state index is 0.0242. The molecule has 178 valence electrons. The third-order valence-electron chi connectivity index (χ3n) is 7.00. The van der Waals surface area contributed by atoms with E-state index in [9.17, 15) is 4.79 Å². The van der Waals surface area contributed by atoms with Crippen molar-refractivity contribution in [2.45, 2.75) is 44.7 Å². The maximum absolute atomic E-state index is 11.6. The number of primary amides is 1. The van der Waals surface area contributed by atoms with Gasteiger partial charge in [-0.1, -0.05) is 47.3 Å². The summed E-state index contributed by atoms with van der Waals surface area (Å²) in [5.74, 6) is -0.114. The van der Waals surface area contributed by atoms with E-state index in [1.807, 2.05) is 18.2 Å². The van der Waals surface area contributed by atoms with E-state index in [4.69, 9.17) is 40.5 Å². The van der Waals surface area contributed by atoms with Crippen molar-refractivity contribution in [2.24, 2.45) is 11.7 Å². The summed E-state index contributed by atoms with van der Waals surface area (Å²) in [6.45, 7) is 5.91. The summed E-state index contributed by atoms with van der Waals surface area (Å²) in [6.07, 6.45) is 4.08. The Balaban J connectivity index is 1.39. The van der Waals surface area contributed by atoms with Crippen molar-refractivity contribution in [1.82, 2.24) is 4.90 Å². The lowest BCUT2D eigenvalue weighted by Gasteiger charge is -2.42. The first kappa shape index (κ1) is 24.5. The molecule has 2 aromatic rings. The molecular weight excluding hydrogens is 479 g/mol. The molecule has 5 nitrogen and oxygen atoms in total. The van der Waals surface area contributed by atoms with Crippen LogP contribution in [0, 0.1) is 5.92 Å². The Bertz CT molecular complexity index is 994. The largest absolute Gasteiger partial charge is 0.377 e. The second-order valence-electron chi connectivity index (χ2n) is 9.14. The van der Waals surface area contributed by atoms with Crippen molar-refractivity contribution in [3.05, 3.63) is 57.0 Å².